The molecule has 0 saturated heterocycles. The zero-order valence-corrected chi connectivity index (χ0v) is 8.52. The van der Waals surface area contributed by atoms with Crippen LogP contribution >= 0.6 is 0 Å². The van der Waals surface area contributed by atoms with Gasteiger partial charge in [-0.2, -0.15) is 4.39 Å². The molecule has 0 aliphatic carbocycles. The van der Waals surface area contributed by atoms with Crippen LogP contribution in [-0.2, 0) is 0 Å². The number of hydrogen-bond donors (Lipinski definition) is 2. The fourth-order valence-electron chi connectivity index (χ4n) is 1.30. The minimum absolute atomic E-state index is 0.0985. The summed E-state index contributed by atoms with van der Waals surface area (Å²) in [5.74, 6) is -3.38. The van der Waals surface area contributed by atoms with Crippen LogP contribution in [0.4, 0.5) is 8.78 Å². The van der Waals surface area contributed by atoms with E-state index in [1.165, 1.54) is 19.2 Å². The Morgan fingerprint density at radius 2 is 2.12 bits per heavy atom. The van der Waals surface area contributed by atoms with Gasteiger partial charge in [-0.05, 0) is 6.07 Å². The lowest BCUT2D eigenvalue weighted by Gasteiger charge is -2.11. The Kier molecular flexibility index (Phi) is 4.19. The van der Waals surface area contributed by atoms with E-state index in [0.717, 1.165) is 6.21 Å². The first-order valence-electron chi connectivity index (χ1n) is 4.46. The Balaban J connectivity index is 3.19. The molecule has 6 heteroatoms. The maximum Gasteiger partial charge on any atom is 0.200 e. The van der Waals surface area contributed by atoms with Crippen molar-refractivity contribution in [3.05, 3.63) is 29.3 Å². The van der Waals surface area contributed by atoms with E-state index in [1.807, 2.05) is 0 Å². The summed E-state index contributed by atoms with van der Waals surface area (Å²) in [6.07, 6.45) is 0.921. The van der Waals surface area contributed by atoms with Crippen LogP contribution < -0.4 is 4.74 Å². The third kappa shape index (κ3) is 2.27. The Labute approximate surface area is 90.8 Å². The molecule has 1 atom stereocenters. The molecule has 0 aromatic heterocycles. The van der Waals surface area contributed by atoms with Gasteiger partial charge in [0.15, 0.2) is 11.6 Å². The Bertz CT molecular complexity index is 396. The molecule has 1 aromatic rings. The van der Waals surface area contributed by atoms with Crippen molar-refractivity contribution in [3.8, 4) is 5.75 Å². The van der Waals surface area contributed by atoms with Crippen molar-refractivity contribution in [2.75, 3.05) is 13.7 Å². The summed E-state index contributed by atoms with van der Waals surface area (Å²) in [4.78, 5) is 0. The number of aliphatic hydroxyl groups is 1. The largest absolute Gasteiger partial charge is 0.494 e. The van der Waals surface area contributed by atoms with Gasteiger partial charge >= 0.3 is 0 Å². The molecule has 0 aliphatic heterocycles. The molecular weight excluding hydrogens is 220 g/mol. The monoisotopic (exact) mass is 231 g/mol. The molecule has 1 rings (SSSR count). The number of benzene rings is 1. The number of ether oxygens (including phenoxy) is 1. The van der Waals surface area contributed by atoms with Gasteiger partial charge in [-0.1, -0.05) is 6.07 Å². The molecule has 0 aliphatic rings. The lowest BCUT2D eigenvalue weighted by atomic mass is 10.0. The van der Waals surface area contributed by atoms with Crippen molar-refractivity contribution >= 4 is 6.21 Å². The normalized spacial score (nSPS) is 13.0. The molecule has 4 nitrogen and oxygen atoms in total. The van der Waals surface area contributed by atoms with Crippen molar-refractivity contribution in [2.24, 2.45) is 5.16 Å². The SMILES string of the molecule is COc1ccc(C(C=NO)CO)c(F)c1F. The Hall–Kier alpha value is -1.69. The maximum atomic E-state index is 13.5. The second-order valence-corrected chi connectivity index (χ2v) is 3.04. The van der Waals surface area contributed by atoms with Crippen LogP contribution in [0, 0.1) is 11.6 Å². The van der Waals surface area contributed by atoms with Crippen LogP contribution in [0.5, 0.6) is 5.75 Å². The number of hydrogen-bond acceptors (Lipinski definition) is 4. The average Bonchev–Trinajstić information content (AvgIpc) is 2.30. The smallest absolute Gasteiger partial charge is 0.200 e. The van der Waals surface area contributed by atoms with Crippen LogP contribution in [0.15, 0.2) is 17.3 Å². The van der Waals surface area contributed by atoms with Gasteiger partial charge in [0.1, 0.15) is 0 Å². The second kappa shape index (κ2) is 5.41. The van der Waals surface area contributed by atoms with Gasteiger partial charge in [0.05, 0.1) is 19.9 Å². The van der Waals surface area contributed by atoms with Crippen LogP contribution in [0.1, 0.15) is 11.5 Å². The van der Waals surface area contributed by atoms with E-state index in [4.69, 9.17) is 10.3 Å². The molecule has 0 bridgehead atoms. The van der Waals surface area contributed by atoms with Crippen molar-refractivity contribution < 1.29 is 23.8 Å². The highest BCUT2D eigenvalue weighted by molar-refractivity contribution is 5.67. The molecule has 0 radical (unpaired) electrons. The third-order valence-corrected chi connectivity index (χ3v) is 2.14. The van der Waals surface area contributed by atoms with Gasteiger partial charge in [0.2, 0.25) is 5.82 Å². The number of methoxy groups -OCH3 is 1. The molecular formula is C10H11F2NO3. The van der Waals surface area contributed by atoms with E-state index in [9.17, 15) is 8.78 Å². The molecule has 88 valence electrons. The third-order valence-electron chi connectivity index (χ3n) is 2.14. The molecule has 16 heavy (non-hydrogen) atoms. The number of aliphatic hydroxyl groups excluding tert-OH is 1. The lowest BCUT2D eigenvalue weighted by Crippen LogP contribution is -2.09. The van der Waals surface area contributed by atoms with Crippen LogP contribution in [0.25, 0.3) is 0 Å². The minimum atomic E-state index is -1.13. The summed E-state index contributed by atoms with van der Waals surface area (Å²) in [6, 6.07) is 2.50. The first kappa shape index (κ1) is 12.4. The summed E-state index contributed by atoms with van der Waals surface area (Å²) < 4.78 is 31.4. The Morgan fingerprint density at radius 1 is 1.44 bits per heavy atom. The summed E-state index contributed by atoms with van der Waals surface area (Å²) in [7, 11) is 1.22. The van der Waals surface area contributed by atoms with Crippen LogP contribution in [0.3, 0.4) is 0 Å². The molecule has 2 N–H and O–H groups in total. The first-order valence-corrected chi connectivity index (χ1v) is 4.46. The lowest BCUT2D eigenvalue weighted by molar-refractivity contribution is 0.280. The van der Waals surface area contributed by atoms with Gasteiger partial charge in [-0.25, -0.2) is 4.39 Å². The summed E-state index contributed by atoms with van der Waals surface area (Å²) in [5.41, 5.74) is -0.0985. The quantitative estimate of drug-likeness (QED) is 0.469. The highest BCUT2D eigenvalue weighted by Gasteiger charge is 2.19. The first-order chi connectivity index (χ1) is 7.65. The zero-order valence-electron chi connectivity index (χ0n) is 8.52. The highest BCUT2D eigenvalue weighted by atomic mass is 19.2. The molecule has 1 unspecified atom stereocenters. The molecule has 0 fully saturated rings. The van der Waals surface area contributed by atoms with Crippen LogP contribution in [0.2, 0.25) is 0 Å². The number of oxime groups is 1. The van der Waals surface area contributed by atoms with Gasteiger partial charge in [-0.15, -0.1) is 5.16 Å². The van der Waals surface area contributed by atoms with E-state index >= 15 is 0 Å². The van der Waals surface area contributed by atoms with E-state index in [1.54, 1.807) is 0 Å². The Morgan fingerprint density at radius 3 is 2.62 bits per heavy atom. The zero-order chi connectivity index (χ0) is 12.1. The maximum absolute atomic E-state index is 13.5. The molecule has 1 aromatic carbocycles. The number of nitrogens with zero attached hydrogens (tertiary/aromatic N) is 1. The molecule has 0 spiro atoms. The van der Waals surface area contributed by atoms with Crippen molar-refractivity contribution in [3.63, 3.8) is 0 Å². The van der Waals surface area contributed by atoms with Crippen molar-refractivity contribution in [1.29, 1.82) is 0 Å². The summed E-state index contributed by atoms with van der Waals surface area (Å²) in [6.45, 7) is -0.493. The number of rotatable bonds is 4. The predicted octanol–water partition coefficient (Wildman–Crippen LogP) is 1.51. The molecule has 0 heterocycles. The fraction of sp³-hybridized carbons (Fsp3) is 0.300. The van der Waals surface area contributed by atoms with Crippen molar-refractivity contribution in [1.82, 2.24) is 0 Å². The van der Waals surface area contributed by atoms with E-state index in [-0.39, 0.29) is 11.3 Å². The molecule has 0 amide bonds. The minimum Gasteiger partial charge on any atom is -0.494 e. The summed E-state index contributed by atoms with van der Waals surface area (Å²) in [5, 5.41) is 19.9. The standard InChI is InChI=1S/C10H11F2NO3/c1-16-8-3-2-7(9(11)10(8)12)6(5-14)4-13-15/h2-4,6,14-15H,5H2,1H3. The van der Waals surface area contributed by atoms with E-state index in [0.29, 0.717) is 0 Å². The topological polar surface area (TPSA) is 62.0 Å². The van der Waals surface area contributed by atoms with Gasteiger partial charge in [-0.3, -0.25) is 0 Å². The van der Waals surface area contributed by atoms with E-state index < -0.39 is 24.2 Å². The second-order valence-electron chi connectivity index (χ2n) is 3.04. The van der Waals surface area contributed by atoms with Crippen LogP contribution in [-0.4, -0.2) is 30.2 Å². The van der Waals surface area contributed by atoms with Gasteiger partial charge < -0.3 is 15.1 Å². The highest BCUT2D eigenvalue weighted by Crippen LogP contribution is 2.26. The van der Waals surface area contributed by atoms with Crippen molar-refractivity contribution in [2.45, 2.75) is 5.92 Å². The van der Waals surface area contributed by atoms with E-state index in [2.05, 4.69) is 9.89 Å². The van der Waals surface area contributed by atoms with Gasteiger partial charge in [0.25, 0.3) is 0 Å². The predicted molar refractivity (Wildman–Crippen MR) is 53.0 cm³/mol. The average molecular weight is 231 g/mol. The molecule has 0 saturated carbocycles. The fourth-order valence-corrected chi connectivity index (χ4v) is 1.30. The van der Waals surface area contributed by atoms with Gasteiger partial charge in [0, 0.05) is 11.5 Å². The summed E-state index contributed by atoms with van der Waals surface area (Å²) >= 11 is 0. The number of halogens is 2.